The lowest BCUT2D eigenvalue weighted by Gasteiger charge is -2.32. The Hall–Kier alpha value is -1.61. The van der Waals surface area contributed by atoms with E-state index in [0.717, 1.165) is 29.7 Å². The molecule has 0 saturated heterocycles. The number of aromatic nitrogens is 1. The number of fused-ring (bicyclic) bond motifs is 1. The summed E-state index contributed by atoms with van der Waals surface area (Å²) in [5.41, 5.74) is 3.22. The summed E-state index contributed by atoms with van der Waals surface area (Å²) in [4.78, 5) is 4.58. The van der Waals surface area contributed by atoms with E-state index in [9.17, 15) is 5.11 Å². The predicted molar refractivity (Wildman–Crippen MR) is 82.9 cm³/mol. The Labute approximate surface area is 120 Å². The Morgan fingerprint density at radius 3 is 2.90 bits per heavy atom. The van der Waals surface area contributed by atoms with Gasteiger partial charge in [0.05, 0.1) is 5.52 Å². The van der Waals surface area contributed by atoms with Crippen LogP contribution >= 0.6 is 0 Å². The zero-order valence-electron chi connectivity index (χ0n) is 12.0. The van der Waals surface area contributed by atoms with Gasteiger partial charge < -0.3 is 10.4 Å². The number of pyridine rings is 1. The van der Waals surface area contributed by atoms with Crippen molar-refractivity contribution in [1.82, 2.24) is 4.98 Å². The number of nitrogens with zero attached hydrogens (tertiary/aromatic N) is 1. The summed E-state index contributed by atoms with van der Waals surface area (Å²) in [6.07, 6.45) is 4.74. The fourth-order valence-corrected chi connectivity index (χ4v) is 3.24. The van der Waals surface area contributed by atoms with Crippen LogP contribution in [0, 0.1) is 12.8 Å². The number of aryl methyl sites for hydroxylation is 1. The lowest BCUT2D eigenvalue weighted by atomic mass is 9.85. The SMILES string of the molecule is Cc1cc(NC2CCCCC2CO)c2ccccc2n1. The number of nitrogens with one attached hydrogen (secondary N) is 1. The molecule has 1 saturated carbocycles. The van der Waals surface area contributed by atoms with E-state index in [1.807, 2.05) is 13.0 Å². The number of hydrogen-bond donors (Lipinski definition) is 2. The van der Waals surface area contributed by atoms with Gasteiger partial charge in [-0.25, -0.2) is 0 Å². The maximum absolute atomic E-state index is 9.55. The van der Waals surface area contributed by atoms with Crippen LogP contribution in [0.2, 0.25) is 0 Å². The lowest BCUT2D eigenvalue weighted by Crippen LogP contribution is -2.34. The van der Waals surface area contributed by atoms with Gasteiger partial charge in [0.25, 0.3) is 0 Å². The van der Waals surface area contributed by atoms with Crippen LogP contribution in [-0.4, -0.2) is 22.7 Å². The topological polar surface area (TPSA) is 45.1 Å². The van der Waals surface area contributed by atoms with Crippen LogP contribution in [0.25, 0.3) is 10.9 Å². The molecule has 0 radical (unpaired) electrons. The molecule has 1 aromatic carbocycles. The molecule has 1 aromatic heterocycles. The summed E-state index contributed by atoms with van der Waals surface area (Å²) in [6.45, 7) is 2.31. The van der Waals surface area contributed by atoms with E-state index >= 15 is 0 Å². The van der Waals surface area contributed by atoms with Crippen LogP contribution in [0.4, 0.5) is 5.69 Å². The summed E-state index contributed by atoms with van der Waals surface area (Å²) in [5.74, 6) is 0.371. The third-order valence-corrected chi connectivity index (χ3v) is 4.33. The van der Waals surface area contributed by atoms with Gasteiger partial charge in [-0.2, -0.15) is 0 Å². The number of para-hydroxylation sites is 1. The van der Waals surface area contributed by atoms with Crippen LogP contribution in [0.15, 0.2) is 30.3 Å². The van der Waals surface area contributed by atoms with E-state index in [2.05, 4.69) is 34.6 Å². The molecule has 3 nitrogen and oxygen atoms in total. The van der Waals surface area contributed by atoms with Crippen molar-refractivity contribution in [3.63, 3.8) is 0 Å². The molecule has 2 aromatic rings. The van der Waals surface area contributed by atoms with E-state index in [1.54, 1.807) is 0 Å². The smallest absolute Gasteiger partial charge is 0.0725 e. The Kier molecular flexibility index (Phi) is 3.88. The van der Waals surface area contributed by atoms with Crippen molar-refractivity contribution in [2.75, 3.05) is 11.9 Å². The number of benzene rings is 1. The van der Waals surface area contributed by atoms with Crippen molar-refractivity contribution in [2.45, 2.75) is 38.6 Å². The number of rotatable bonds is 3. The summed E-state index contributed by atoms with van der Waals surface area (Å²) < 4.78 is 0. The fraction of sp³-hybridized carbons (Fsp3) is 0.471. The highest BCUT2D eigenvalue weighted by atomic mass is 16.3. The molecular formula is C17H22N2O. The van der Waals surface area contributed by atoms with Gasteiger partial charge in [0.1, 0.15) is 0 Å². The molecule has 0 bridgehead atoms. The minimum absolute atomic E-state index is 0.277. The minimum Gasteiger partial charge on any atom is -0.396 e. The first-order chi connectivity index (χ1) is 9.78. The molecule has 2 unspecified atom stereocenters. The van der Waals surface area contributed by atoms with Crippen LogP contribution in [0.3, 0.4) is 0 Å². The van der Waals surface area contributed by atoms with Gasteiger partial charge in [-0.1, -0.05) is 31.0 Å². The van der Waals surface area contributed by atoms with Crippen molar-refractivity contribution < 1.29 is 5.11 Å². The average molecular weight is 270 g/mol. The van der Waals surface area contributed by atoms with Crippen molar-refractivity contribution in [3.8, 4) is 0 Å². The maximum Gasteiger partial charge on any atom is 0.0725 e. The second-order valence-corrected chi connectivity index (χ2v) is 5.81. The zero-order valence-corrected chi connectivity index (χ0v) is 12.0. The molecular weight excluding hydrogens is 248 g/mol. The van der Waals surface area contributed by atoms with Gasteiger partial charge in [0.15, 0.2) is 0 Å². The minimum atomic E-state index is 0.277. The third kappa shape index (κ3) is 2.63. The Morgan fingerprint density at radius 1 is 1.25 bits per heavy atom. The van der Waals surface area contributed by atoms with Gasteiger partial charge in [-0.05, 0) is 31.9 Å². The molecule has 0 amide bonds. The van der Waals surface area contributed by atoms with E-state index in [1.165, 1.54) is 18.2 Å². The summed E-state index contributed by atoms with van der Waals surface area (Å²) >= 11 is 0. The first-order valence-electron chi connectivity index (χ1n) is 7.51. The van der Waals surface area contributed by atoms with Crippen molar-refractivity contribution in [3.05, 3.63) is 36.0 Å². The fourth-order valence-electron chi connectivity index (χ4n) is 3.24. The molecule has 1 fully saturated rings. The van der Waals surface area contributed by atoms with E-state index in [4.69, 9.17) is 0 Å². The van der Waals surface area contributed by atoms with Crippen molar-refractivity contribution in [1.29, 1.82) is 0 Å². The third-order valence-electron chi connectivity index (χ3n) is 4.33. The normalized spacial score (nSPS) is 22.9. The van der Waals surface area contributed by atoms with Gasteiger partial charge in [0.2, 0.25) is 0 Å². The van der Waals surface area contributed by atoms with E-state index in [0.29, 0.717) is 12.0 Å². The van der Waals surface area contributed by atoms with Crippen molar-refractivity contribution in [2.24, 2.45) is 5.92 Å². The average Bonchev–Trinajstić information content (AvgIpc) is 2.47. The standard InChI is InChI=1S/C17H22N2O/c1-12-10-17(14-7-3-5-9-16(14)18-12)19-15-8-4-2-6-13(15)11-20/h3,5,7,9-10,13,15,20H,2,4,6,8,11H2,1H3,(H,18,19). The highest BCUT2D eigenvalue weighted by molar-refractivity contribution is 5.91. The first-order valence-corrected chi connectivity index (χ1v) is 7.51. The number of anilines is 1. The predicted octanol–water partition coefficient (Wildman–Crippen LogP) is 3.51. The maximum atomic E-state index is 9.55. The van der Waals surface area contributed by atoms with Crippen LogP contribution in [0.1, 0.15) is 31.4 Å². The Bertz CT molecular complexity index is 597. The van der Waals surface area contributed by atoms with Gasteiger partial charge in [-0.15, -0.1) is 0 Å². The van der Waals surface area contributed by atoms with Crippen LogP contribution in [-0.2, 0) is 0 Å². The number of aliphatic hydroxyl groups is 1. The van der Waals surface area contributed by atoms with Gasteiger partial charge >= 0.3 is 0 Å². The molecule has 3 heteroatoms. The van der Waals surface area contributed by atoms with Gasteiger partial charge in [0, 0.05) is 35.3 Å². The number of aliphatic hydroxyl groups excluding tert-OH is 1. The quantitative estimate of drug-likeness (QED) is 0.897. The molecule has 0 aliphatic heterocycles. The molecule has 1 aliphatic rings. The zero-order chi connectivity index (χ0) is 13.9. The van der Waals surface area contributed by atoms with Crippen molar-refractivity contribution >= 4 is 16.6 Å². The molecule has 1 heterocycles. The molecule has 0 spiro atoms. The molecule has 106 valence electrons. The lowest BCUT2D eigenvalue weighted by molar-refractivity contribution is 0.178. The summed E-state index contributed by atoms with van der Waals surface area (Å²) in [5, 5.41) is 14.4. The van der Waals surface area contributed by atoms with Gasteiger partial charge in [-0.3, -0.25) is 4.98 Å². The monoisotopic (exact) mass is 270 g/mol. The van der Waals surface area contributed by atoms with Crippen LogP contribution in [0.5, 0.6) is 0 Å². The first kappa shape index (κ1) is 13.4. The van der Waals surface area contributed by atoms with E-state index in [-0.39, 0.29) is 6.61 Å². The van der Waals surface area contributed by atoms with E-state index < -0.39 is 0 Å². The second kappa shape index (κ2) is 5.80. The summed E-state index contributed by atoms with van der Waals surface area (Å²) in [7, 11) is 0. The highest BCUT2D eigenvalue weighted by Gasteiger charge is 2.24. The molecule has 2 N–H and O–H groups in total. The largest absolute Gasteiger partial charge is 0.396 e. The number of hydrogen-bond acceptors (Lipinski definition) is 3. The molecule has 1 aliphatic carbocycles. The highest BCUT2D eigenvalue weighted by Crippen LogP contribution is 2.30. The molecule has 3 rings (SSSR count). The molecule has 2 atom stereocenters. The van der Waals surface area contributed by atoms with Crippen LogP contribution < -0.4 is 5.32 Å². The Balaban J connectivity index is 1.93. The molecule has 20 heavy (non-hydrogen) atoms. The second-order valence-electron chi connectivity index (χ2n) is 5.81. The summed E-state index contributed by atoms with van der Waals surface area (Å²) in [6, 6.07) is 10.7. The Morgan fingerprint density at radius 2 is 2.05 bits per heavy atom.